The molecule has 222 valence electrons. The summed E-state index contributed by atoms with van der Waals surface area (Å²) in [5, 5.41) is 14.4. The van der Waals surface area contributed by atoms with Crippen molar-refractivity contribution in [2.24, 2.45) is 11.3 Å². The minimum atomic E-state index is -0.646. The van der Waals surface area contributed by atoms with Crippen molar-refractivity contribution in [1.29, 1.82) is 0 Å². The molecule has 1 saturated heterocycles. The smallest absolute Gasteiger partial charge is 0.245 e. The highest BCUT2D eigenvalue weighted by atomic mass is 35.5. The van der Waals surface area contributed by atoms with Crippen molar-refractivity contribution in [1.82, 2.24) is 30.7 Å². The number of carbonyl (C=O) groups is 2. The van der Waals surface area contributed by atoms with Crippen molar-refractivity contribution in [2.45, 2.75) is 82.8 Å². The Kier molecular flexibility index (Phi) is 8.91. The van der Waals surface area contributed by atoms with Crippen LogP contribution >= 0.6 is 11.6 Å². The number of fused-ring (bicyclic) bond motifs is 1. The van der Waals surface area contributed by atoms with Crippen molar-refractivity contribution < 1.29 is 9.59 Å². The van der Waals surface area contributed by atoms with Crippen LogP contribution in [0.2, 0.25) is 5.02 Å². The number of H-pyrrole nitrogens is 1. The fourth-order valence-electron chi connectivity index (χ4n) is 7.44. The molecule has 1 aromatic heterocycles. The van der Waals surface area contributed by atoms with Crippen LogP contribution in [-0.4, -0.2) is 57.1 Å². The van der Waals surface area contributed by atoms with Crippen LogP contribution in [0.4, 0.5) is 0 Å². The lowest BCUT2D eigenvalue weighted by Crippen LogP contribution is -2.57. The number of rotatable bonds is 8. The Morgan fingerprint density at radius 1 is 1.02 bits per heavy atom. The lowest BCUT2D eigenvalue weighted by Gasteiger charge is -2.48. The number of aromatic amines is 1. The third-order valence-electron chi connectivity index (χ3n) is 9.88. The van der Waals surface area contributed by atoms with Crippen molar-refractivity contribution in [3.8, 4) is 0 Å². The van der Waals surface area contributed by atoms with E-state index in [9.17, 15) is 9.59 Å². The predicted molar refractivity (Wildman–Crippen MR) is 163 cm³/mol. The van der Waals surface area contributed by atoms with Gasteiger partial charge in [0.05, 0.1) is 6.04 Å². The highest BCUT2D eigenvalue weighted by Gasteiger charge is 2.44. The first-order chi connectivity index (χ1) is 20.5. The Morgan fingerprint density at radius 2 is 1.76 bits per heavy atom. The summed E-state index contributed by atoms with van der Waals surface area (Å²) in [7, 11) is 0. The zero-order valence-electron chi connectivity index (χ0n) is 24.2. The lowest BCUT2D eigenvalue weighted by molar-refractivity contribution is -0.139. The summed E-state index contributed by atoms with van der Waals surface area (Å²) in [6.07, 6.45) is 11.7. The van der Waals surface area contributed by atoms with Crippen LogP contribution in [0.5, 0.6) is 0 Å². The van der Waals surface area contributed by atoms with Gasteiger partial charge in [0.2, 0.25) is 11.8 Å². The van der Waals surface area contributed by atoms with Gasteiger partial charge in [-0.15, -0.1) is 0 Å². The Hall–Kier alpha value is -3.23. The molecule has 0 spiro atoms. The van der Waals surface area contributed by atoms with E-state index in [1.165, 1.54) is 43.2 Å². The molecule has 2 fully saturated rings. The summed E-state index contributed by atoms with van der Waals surface area (Å²) >= 11 is 6.14. The van der Waals surface area contributed by atoms with Crippen molar-refractivity contribution in [2.75, 3.05) is 13.1 Å². The number of carbonyl (C=O) groups excluding carboxylic acids is 2. The molecule has 2 aromatic carbocycles. The first-order valence-corrected chi connectivity index (χ1v) is 15.9. The normalized spacial score (nSPS) is 21.4. The van der Waals surface area contributed by atoms with Crippen molar-refractivity contribution in [3.05, 3.63) is 82.4 Å². The molecular weight excluding hydrogens is 548 g/mol. The van der Waals surface area contributed by atoms with Gasteiger partial charge >= 0.3 is 0 Å². The summed E-state index contributed by atoms with van der Waals surface area (Å²) in [5.41, 5.74) is 3.47. The molecule has 1 saturated carbocycles. The Labute approximate surface area is 253 Å². The maximum Gasteiger partial charge on any atom is 0.245 e. The maximum atomic E-state index is 14.1. The first-order valence-electron chi connectivity index (χ1n) is 15.5. The fourth-order valence-corrected chi connectivity index (χ4v) is 7.57. The molecule has 8 nitrogen and oxygen atoms in total. The summed E-state index contributed by atoms with van der Waals surface area (Å²) < 4.78 is 0. The molecule has 3 heterocycles. The van der Waals surface area contributed by atoms with Gasteiger partial charge in [0.15, 0.2) is 5.82 Å². The van der Waals surface area contributed by atoms with E-state index in [-0.39, 0.29) is 23.3 Å². The SMILES string of the molecule is O=C(NC(Cc1ccc(Cl)cc1)C(=O)N1CCC(Cc2nc[nH]n2)(C2CCCCC2)CC1)[C@H]1Cc2ccccc2CN1. The number of amides is 2. The fraction of sp³-hybridized carbons (Fsp3) is 0.515. The van der Waals surface area contributed by atoms with E-state index in [2.05, 4.69) is 37.9 Å². The molecule has 3 aliphatic rings. The maximum absolute atomic E-state index is 14.1. The number of nitrogens with zero attached hydrogens (tertiary/aromatic N) is 3. The van der Waals surface area contributed by atoms with Gasteiger partial charge in [0.1, 0.15) is 12.4 Å². The number of nitrogens with one attached hydrogen (secondary N) is 3. The Balaban J connectivity index is 1.17. The summed E-state index contributed by atoms with van der Waals surface area (Å²) in [6.45, 7) is 2.01. The van der Waals surface area contributed by atoms with Gasteiger partial charge in [0.25, 0.3) is 0 Å². The van der Waals surface area contributed by atoms with E-state index < -0.39 is 6.04 Å². The van der Waals surface area contributed by atoms with Gasteiger partial charge < -0.3 is 15.5 Å². The second-order valence-corrected chi connectivity index (χ2v) is 12.8. The zero-order valence-corrected chi connectivity index (χ0v) is 24.9. The molecule has 3 aromatic rings. The van der Waals surface area contributed by atoms with Crippen molar-refractivity contribution in [3.63, 3.8) is 0 Å². The van der Waals surface area contributed by atoms with E-state index in [0.29, 0.717) is 43.4 Å². The molecule has 2 atom stereocenters. The average molecular weight is 589 g/mol. The second kappa shape index (κ2) is 13.0. The molecule has 9 heteroatoms. The van der Waals surface area contributed by atoms with E-state index in [1.807, 2.05) is 41.3 Å². The molecule has 6 rings (SSSR count). The number of piperidine rings is 1. The summed E-state index contributed by atoms with van der Waals surface area (Å²) in [5.74, 6) is 1.36. The van der Waals surface area contributed by atoms with Crippen LogP contribution < -0.4 is 10.6 Å². The summed E-state index contributed by atoms with van der Waals surface area (Å²) in [6, 6.07) is 14.7. The van der Waals surface area contributed by atoms with Crippen LogP contribution in [-0.2, 0) is 35.4 Å². The van der Waals surface area contributed by atoms with Crippen LogP contribution in [0.15, 0.2) is 54.9 Å². The Morgan fingerprint density at radius 3 is 2.48 bits per heavy atom. The number of halogens is 1. The number of likely N-dealkylation sites (tertiary alicyclic amines) is 1. The minimum absolute atomic E-state index is 0.00959. The zero-order chi connectivity index (χ0) is 28.9. The van der Waals surface area contributed by atoms with Crippen LogP contribution in [0.1, 0.15) is 67.5 Å². The molecular formula is C33H41ClN6O2. The number of aromatic nitrogens is 3. The largest absolute Gasteiger partial charge is 0.343 e. The standard InChI is InChI=1S/C33H41ClN6O2/c34-27-12-10-23(11-13-27)18-29(38-31(41)28-19-24-6-4-5-7-25(24)21-35-28)32(42)40-16-14-33(15-17-40,20-30-36-22-37-39-30)26-8-2-1-3-9-26/h4-7,10-13,22,26,28-29,35H,1-3,8-9,14-21H2,(H,38,41)(H,36,37,39)/t28-,29?/m1/s1. The van der Waals surface area contributed by atoms with Crippen LogP contribution in [0.3, 0.4) is 0 Å². The number of benzene rings is 2. The molecule has 0 radical (unpaired) electrons. The molecule has 1 aliphatic carbocycles. The van der Waals surface area contributed by atoms with E-state index in [4.69, 9.17) is 11.6 Å². The van der Waals surface area contributed by atoms with Gasteiger partial charge in [-0.05, 0) is 72.3 Å². The quantitative estimate of drug-likeness (QED) is 0.356. The molecule has 2 amide bonds. The van der Waals surface area contributed by atoms with E-state index in [0.717, 1.165) is 30.7 Å². The summed E-state index contributed by atoms with van der Waals surface area (Å²) in [4.78, 5) is 34.1. The molecule has 1 unspecified atom stereocenters. The van der Waals surface area contributed by atoms with E-state index >= 15 is 0 Å². The number of hydrogen-bond donors (Lipinski definition) is 3. The highest BCUT2D eigenvalue weighted by molar-refractivity contribution is 6.30. The minimum Gasteiger partial charge on any atom is -0.343 e. The van der Waals surface area contributed by atoms with Gasteiger partial charge in [-0.2, -0.15) is 5.10 Å². The molecule has 42 heavy (non-hydrogen) atoms. The van der Waals surface area contributed by atoms with E-state index in [1.54, 1.807) is 6.33 Å². The molecule has 0 bridgehead atoms. The van der Waals surface area contributed by atoms with Gasteiger partial charge in [-0.1, -0.05) is 67.3 Å². The average Bonchev–Trinajstić information content (AvgIpc) is 3.55. The third-order valence-corrected chi connectivity index (χ3v) is 10.1. The lowest BCUT2D eigenvalue weighted by atomic mass is 9.62. The topological polar surface area (TPSA) is 103 Å². The molecule has 3 N–H and O–H groups in total. The Bertz CT molecular complexity index is 1350. The second-order valence-electron chi connectivity index (χ2n) is 12.4. The predicted octanol–water partition coefficient (Wildman–Crippen LogP) is 4.63. The first kappa shape index (κ1) is 28.9. The van der Waals surface area contributed by atoms with Gasteiger partial charge in [-0.3, -0.25) is 14.7 Å². The van der Waals surface area contributed by atoms with Gasteiger partial charge in [0, 0.05) is 37.5 Å². The molecule has 2 aliphatic heterocycles. The van der Waals surface area contributed by atoms with Crippen LogP contribution in [0, 0.1) is 11.3 Å². The third kappa shape index (κ3) is 6.55. The van der Waals surface area contributed by atoms with Gasteiger partial charge in [-0.25, -0.2) is 4.98 Å². The van der Waals surface area contributed by atoms with Crippen LogP contribution in [0.25, 0.3) is 0 Å². The number of hydrogen-bond acceptors (Lipinski definition) is 5. The monoisotopic (exact) mass is 588 g/mol. The van der Waals surface area contributed by atoms with Crippen molar-refractivity contribution >= 4 is 23.4 Å². The highest BCUT2D eigenvalue weighted by Crippen LogP contribution is 2.47.